The summed E-state index contributed by atoms with van der Waals surface area (Å²) in [5.41, 5.74) is 0.474. The van der Waals surface area contributed by atoms with Crippen LogP contribution in [0.4, 0.5) is 5.69 Å². The lowest BCUT2D eigenvalue weighted by Crippen LogP contribution is -2.24. The summed E-state index contributed by atoms with van der Waals surface area (Å²) in [5, 5.41) is 15.5. The Bertz CT molecular complexity index is 902. The molecular weight excluding hydrogens is 322 g/mol. The van der Waals surface area contributed by atoms with E-state index in [9.17, 15) is 4.79 Å². The summed E-state index contributed by atoms with van der Waals surface area (Å²) in [6.07, 6.45) is 3.66. The molecule has 1 aliphatic carbocycles. The van der Waals surface area contributed by atoms with E-state index in [1.54, 1.807) is 15.9 Å². The number of carbonyl (C=O) groups is 1. The van der Waals surface area contributed by atoms with E-state index in [1.165, 1.54) is 0 Å². The average Bonchev–Trinajstić information content (AvgIpc) is 3.07. The van der Waals surface area contributed by atoms with E-state index in [0.29, 0.717) is 24.7 Å². The van der Waals surface area contributed by atoms with Crippen molar-refractivity contribution < 1.29 is 9.32 Å². The summed E-state index contributed by atoms with van der Waals surface area (Å²) in [5.74, 6) is 1.08. The van der Waals surface area contributed by atoms with Gasteiger partial charge < -0.3 is 9.42 Å². The number of carbonyl (C=O) groups excluding carboxylic acids is 1. The molecule has 1 atom stereocenters. The minimum absolute atomic E-state index is 0.0733. The molecule has 1 saturated heterocycles. The maximum absolute atomic E-state index is 12.4. The number of benzene rings is 1. The SMILES string of the molecule is O=C1C[C@H](c2noc(C3(n4cnnn4)CC3)n2)CN1c1ccccc1. The molecule has 1 aliphatic heterocycles. The zero-order valence-electron chi connectivity index (χ0n) is 13.3. The van der Waals surface area contributed by atoms with Crippen molar-refractivity contribution in [1.82, 2.24) is 30.3 Å². The fourth-order valence-corrected chi connectivity index (χ4v) is 3.34. The predicted molar refractivity (Wildman–Crippen MR) is 84.6 cm³/mol. The van der Waals surface area contributed by atoms with Gasteiger partial charge in [0, 0.05) is 24.6 Å². The van der Waals surface area contributed by atoms with Gasteiger partial charge in [0.05, 0.1) is 0 Å². The average molecular weight is 337 g/mol. The Balaban J connectivity index is 1.39. The molecule has 9 heteroatoms. The minimum Gasteiger partial charge on any atom is -0.337 e. The molecule has 1 aromatic carbocycles. The van der Waals surface area contributed by atoms with Crippen LogP contribution in [0.1, 0.15) is 36.9 Å². The molecule has 9 nitrogen and oxygen atoms in total. The fraction of sp³-hybridized carbons (Fsp3) is 0.375. The minimum atomic E-state index is -0.420. The molecule has 0 radical (unpaired) electrons. The molecule has 25 heavy (non-hydrogen) atoms. The zero-order chi connectivity index (χ0) is 16.9. The standard InChI is InChI=1S/C16H15N7O2/c24-13-8-11(9-22(13)12-4-2-1-3-5-12)14-18-15(25-19-14)16(6-7-16)23-10-17-20-21-23/h1-5,10-11H,6-9H2/t11-/m0/s1. The molecule has 0 N–H and O–H groups in total. The second-order valence-corrected chi connectivity index (χ2v) is 6.48. The highest BCUT2D eigenvalue weighted by Crippen LogP contribution is 2.48. The maximum atomic E-state index is 12.4. The third kappa shape index (κ3) is 2.23. The predicted octanol–water partition coefficient (Wildman–Crippen LogP) is 1.11. The first-order valence-electron chi connectivity index (χ1n) is 8.19. The Labute approximate surface area is 142 Å². The van der Waals surface area contributed by atoms with Gasteiger partial charge in [-0.25, -0.2) is 4.68 Å². The van der Waals surface area contributed by atoms with Crippen LogP contribution in [0.15, 0.2) is 41.2 Å². The van der Waals surface area contributed by atoms with Gasteiger partial charge in [0.1, 0.15) is 11.9 Å². The molecule has 5 rings (SSSR count). The normalized spacial score (nSPS) is 21.7. The van der Waals surface area contributed by atoms with Crippen molar-refractivity contribution in [3.8, 4) is 0 Å². The lowest BCUT2D eigenvalue weighted by Gasteiger charge is -2.15. The first-order valence-corrected chi connectivity index (χ1v) is 8.19. The number of anilines is 1. The number of hydrogen-bond acceptors (Lipinski definition) is 7. The third-order valence-corrected chi connectivity index (χ3v) is 4.91. The molecule has 2 aromatic heterocycles. The molecule has 3 aromatic rings. The Hall–Kier alpha value is -3.10. The van der Waals surface area contributed by atoms with Crippen LogP contribution in [0.2, 0.25) is 0 Å². The molecule has 2 fully saturated rings. The second-order valence-electron chi connectivity index (χ2n) is 6.48. The summed E-state index contributed by atoms with van der Waals surface area (Å²) in [4.78, 5) is 18.7. The largest absolute Gasteiger partial charge is 0.337 e. The van der Waals surface area contributed by atoms with E-state index >= 15 is 0 Å². The molecule has 2 aliphatic rings. The zero-order valence-corrected chi connectivity index (χ0v) is 13.3. The third-order valence-electron chi connectivity index (χ3n) is 4.91. The van der Waals surface area contributed by atoms with Crippen LogP contribution < -0.4 is 4.90 Å². The molecule has 0 unspecified atom stereocenters. The van der Waals surface area contributed by atoms with Crippen LogP contribution in [0, 0.1) is 0 Å². The van der Waals surface area contributed by atoms with Crippen LogP contribution in [0.25, 0.3) is 0 Å². The first kappa shape index (κ1) is 14.3. The van der Waals surface area contributed by atoms with Gasteiger partial charge in [-0.2, -0.15) is 4.98 Å². The van der Waals surface area contributed by atoms with E-state index in [4.69, 9.17) is 4.52 Å². The summed E-state index contributed by atoms with van der Waals surface area (Å²) in [7, 11) is 0. The van der Waals surface area contributed by atoms with Crippen molar-refractivity contribution in [3.63, 3.8) is 0 Å². The molecule has 3 heterocycles. The van der Waals surface area contributed by atoms with Crippen LogP contribution in [-0.4, -0.2) is 42.8 Å². The Morgan fingerprint density at radius 1 is 1.20 bits per heavy atom. The monoisotopic (exact) mass is 337 g/mol. The maximum Gasteiger partial charge on any atom is 0.254 e. The number of amides is 1. The molecule has 1 saturated carbocycles. The van der Waals surface area contributed by atoms with Gasteiger partial charge in [0.2, 0.25) is 5.91 Å². The lowest BCUT2D eigenvalue weighted by molar-refractivity contribution is -0.117. The van der Waals surface area contributed by atoms with Crippen molar-refractivity contribution in [3.05, 3.63) is 48.4 Å². The number of nitrogens with zero attached hydrogens (tertiary/aromatic N) is 7. The Morgan fingerprint density at radius 2 is 2.04 bits per heavy atom. The molecule has 0 spiro atoms. The highest BCUT2D eigenvalue weighted by atomic mass is 16.5. The molecular formula is C16H15N7O2. The van der Waals surface area contributed by atoms with Gasteiger partial charge >= 0.3 is 0 Å². The molecule has 126 valence electrons. The Kier molecular flexibility index (Phi) is 2.97. The molecule has 0 bridgehead atoms. The van der Waals surface area contributed by atoms with Gasteiger partial charge in [-0.15, -0.1) is 5.10 Å². The van der Waals surface area contributed by atoms with Crippen molar-refractivity contribution in [2.75, 3.05) is 11.4 Å². The van der Waals surface area contributed by atoms with Gasteiger partial charge in [0.15, 0.2) is 5.82 Å². The summed E-state index contributed by atoms with van der Waals surface area (Å²) >= 11 is 0. The number of tetrazole rings is 1. The van der Waals surface area contributed by atoms with Crippen LogP contribution in [0.5, 0.6) is 0 Å². The summed E-state index contributed by atoms with van der Waals surface area (Å²) in [6.45, 7) is 0.555. The highest BCUT2D eigenvalue weighted by molar-refractivity contribution is 5.96. The van der Waals surface area contributed by atoms with Gasteiger partial charge in [-0.05, 0) is 35.4 Å². The van der Waals surface area contributed by atoms with E-state index < -0.39 is 5.54 Å². The Morgan fingerprint density at radius 3 is 2.76 bits per heavy atom. The lowest BCUT2D eigenvalue weighted by atomic mass is 10.1. The highest BCUT2D eigenvalue weighted by Gasteiger charge is 2.53. The summed E-state index contributed by atoms with van der Waals surface area (Å²) in [6, 6.07) is 9.63. The number of hydrogen-bond donors (Lipinski definition) is 0. The smallest absolute Gasteiger partial charge is 0.254 e. The van der Waals surface area contributed by atoms with E-state index in [0.717, 1.165) is 18.5 Å². The van der Waals surface area contributed by atoms with E-state index in [-0.39, 0.29) is 11.8 Å². The quantitative estimate of drug-likeness (QED) is 0.702. The van der Waals surface area contributed by atoms with Crippen LogP contribution >= 0.6 is 0 Å². The van der Waals surface area contributed by atoms with Crippen molar-refractivity contribution in [2.45, 2.75) is 30.7 Å². The van der Waals surface area contributed by atoms with Gasteiger partial charge in [-0.1, -0.05) is 23.4 Å². The topological polar surface area (TPSA) is 103 Å². The van der Waals surface area contributed by atoms with E-state index in [2.05, 4.69) is 25.7 Å². The van der Waals surface area contributed by atoms with Crippen molar-refractivity contribution in [2.24, 2.45) is 0 Å². The summed E-state index contributed by atoms with van der Waals surface area (Å²) < 4.78 is 7.16. The van der Waals surface area contributed by atoms with Crippen LogP contribution in [0.3, 0.4) is 0 Å². The van der Waals surface area contributed by atoms with Gasteiger partial charge in [0.25, 0.3) is 5.89 Å². The second kappa shape index (κ2) is 5.20. The number of para-hydroxylation sites is 1. The number of aromatic nitrogens is 6. The van der Waals surface area contributed by atoms with Crippen molar-refractivity contribution in [1.29, 1.82) is 0 Å². The van der Waals surface area contributed by atoms with Crippen LogP contribution in [-0.2, 0) is 10.3 Å². The first-order chi connectivity index (χ1) is 12.3. The van der Waals surface area contributed by atoms with Gasteiger partial charge in [-0.3, -0.25) is 4.79 Å². The number of rotatable bonds is 4. The van der Waals surface area contributed by atoms with E-state index in [1.807, 2.05) is 30.3 Å². The fourth-order valence-electron chi connectivity index (χ4n) is 3.34. The van der Waals surface area contributed by atoms with Crippen molar-refractivity contribution >= 4 is 11.6 Å². The molecule has 1 amide bonds.